The highest BCUT2D eigenvalue weighted by molar-refractivity contribution is 5.91. The van der Waals surface area contributed by atoms with Gasteiger partial charge in [-0.1, -0.05) is 17.3 Å². The van der Waals surface area contributed by atoms with E-state index in [9.17, 15) is 4.79 Å². The second-order valence-electron chi connectivity index (χ2n) is 6.79. The quantitative estimate of drug-likeness (QED) is 0.599. The molecular weight excluding hydrogens is 386 g/mol. The molecule has 1 heterocycles. The molecule has 3 aromatic rings. The van der Waals surface area contributed by atoms with Gasteiger partial charge in [0.1, 0.15) is 0 Å². The van der Waals surface area contributed by atoms with Crippen LogP contribution in [0.15, 0.2) is 34.9 Å². The number of hydrogen-bond donors (Lipinski definition) is 1. The van der Waals surface area contributed by atoms with E-state index in [1.54, 1.807) is 12.1 Å². The molecule has 0 saturated carbocycles. The monoisotopic (exact) mass is 411 g/mol. The van der Waals surface area contributed by atoms with Gasteiger partial charge in [-0.15, -0.1) is 0 Å². The summed E-state index contributed by atoms with van der Waals surface area (Å²) in [6.07, 6.45) is 0.554. The fourth-order valence-electron chi connectivity index (χ4n) is 2.99. The van der Waals surface area contributed by atoms with Crippen LogP contribution in [0.25, 0.3) is 11.4 Å². The van der Waals surface area contributed by atoms with Crippen molar-refractivity contribution in [1.82, 2.24) is 10.1 Å². The van der Waals surface area contributed by atoms with E-state index in [1.807, 2.05) is 32.0 Å². The minimum Gasteiger partial charge on any atom is -0.493 e. The average Bonchev–Trinajstić information content (AvgIpc) is 3.22. The molecule has 0 unspecified atom stereocenters. The number of nitrogens with one attached hydrogen (secondary N) is 1. The summed E-state index contributed by atoms with van der Waals surface area (Å²) in [5.74, 6) is 2.10. The fourth-order valence-corrected chi connectivity index (χ4v) is 2.99. The van der Waals surface area contributed by atoms with Gasteiger partial charge in [-0.3, -0.25) is 4.79 Å². The third kappa shape index (κ3) is 4.71. The molecule has 0 bridgehead atoms. The van der Waals surface area contributed by atoms with E-state index in [0.29, 0.717) is 40.9 Å². The van der Waals surface area contributed by atoms with Gasteiger partial charge < -0.3 is 24.1 Å². The Balaban J connectivity index is 1.69. The van der Waals surface area contributed by atoms with E-state index in [-0.39, 0.29) is 12.3 Å². The number of benzene rings is 2. The van der Waals surface area contributed by atoms with Crippen molar-refractivity contribution in [2.45, 2.75) is 26.7 Å². The molecule has 0 aliphatic carbocycles. The Morgan fingerprint density at radius 3 is 2.37 bits per heavy atom. The number of hydrogen-bond acceptors (Lipinski definition) is 7. The molecule has 1 amide bonds. The van der Waals surface area contributed by atoms with E-state index < -0.39 is 0 Å². The van der Waals surface area contributed by atoms with Crippen LogP contribution in [0.4, 0.5) is 5.69 Å². The number of carbonyl (C=O) groups is 1. The zero-order valence-corrected chi connectivity index (χ0v) is 17.7. The molecule has 1 aromatic heterocycles. The minimum atomic E-state index is -0.115. The predicted molar refractivity (Wildman–Crippen MR) is 112 cm³/mol. The molecular formula is C22H25N3O5. The van der Waals surface area contributed by atoms with Crippen LogP contribution in [0.2, 0.25) is 0 Å². The third-order valence-corrected chi connectivity index (χ3v) is 4.62. The summed E-state index contributed by atoms with van der Waals surface area (Å²) in [6, 6.07) is 9.41. The normalized spacial score (nSPS) is 10.6. The number of ether oxygens (including phenoxy) is 3. The predicted octanol–water partition coefficient (Wildman–Crippen LogP) is 3.95. The highest BCUT2D eigenvalue weighted by Crippen LogP contribution is 2.40. The van der Waals surface area contributed by atoms with Crippen molar-refractivity contribution in [1.29, 1.82) is 0 Å². The van der Waals surface area contributed by atoms with E-state index in [1.165, 1.54) is 21.3 Å². The molecule has 30 heavy (non-hydrogen) atoms. The number of methoxy groups -OCH3 is 3. The van der Waals surface area contributed by atoms with Crippen molar-refractivity contribution in [3.05, 3.63) is 47.3 Å². The first-order valence-electron chi connectivity index (χ1n) is 9.45. The van der Waals surface area contributed by atoms with Crippen LogP contribution in [0.5, 0.6) is 17.2 Å². The highest BCUT2D eigenvalue weighted by atomic mass is 16.5. The Kier molecular flexibility index (Phi) is 6.56. The van der Waals surface area contributed by atoms with Crippen LogP contribution in [0.1, 0.15) is 23.4 Å². The summed E-state index contributed by atoms with van der Waals surface area (Å²) in [6.45, 7) is 3.94. The Hall–Kier alpha value is -3.55. The van der Waals surface area contributed by atoms with E-state index >= 15 is 0 Å². The smallest absolute Gasteiger partial charge is 0.227 e. The largest absolute Gasteiger partial charge is 0.493 e. The first kappa shape index (κ1) is 21.2. The molecule has 0 radical (unpaired) electrons. The first-order valence-corrected chi connectivity index (χ1v) is 9.45. The van der Waals surface area contributed by atoms with Gasteiger partial charge in [0, 0.05) is 24.1 Å². The lowest BCUT2D eigenvalue weighted by molar-refractivity contribution is -0.116. The number of amides is 1. The zero-order valence-electron chi connectivity index (χ0n) is 17.7. The second kappa shape index (κ2) is 9.30. The number of aromatic nitrogens is 2. The lowest BCUT2D eigenvalue weighted by atomic mass is 10.1. The molecule has 0 atom stereocenters. The molecule has 0 aliphatic heterocycles. The van der Waals surface area contributed by atoms with Crippen molar-refractivity contribution in [3.63, 3.8) is 0 Å². The van der Waals surface area contributed by atoms with Crippen LogP contribution < -0.4 is 19.5 Å². The highest BCUT2D eigenvalue weighted by Gasteiger charge is 2.18. The maximum absolute atomic E-state index is 12.3. The minimum absolute atomic E-state index is 0.115. The molecule has 158 valence electrons. The molecule has 1 N–H and O–H groups in total. The third-order valence-electron chi connectivity index (χ3n) is 4.62. The second-order valence-corrected chi connectivity index (χ2v) is 6.79. The fraction of sp³-hybridized carbons (Fsp3) is 0.318. The van der Waals surface area contributed by atoms with E-state index in [4.69, 9.17) is 18.7 Å². The Morgan fingerprint density at radius 2 is 1.73 bits per heavy atom. The van der Waals surface area contributed by atoms with Gasteiger partial charge in [0.15, 0.2) is 11.5 Å². The van der Waals surface area contributed by atoms with E-state index in [0.717, 1.165) is 16.8 Å². The summed E-state index contributed by atoms with van der Waals surface area (Å²) in [5, 5.41) is 6.94. The van der Waals surface area contributed by atoms with Crippen LogP contribution in [0.3, 0.4) is 0 Å². The standard InChI is InChI=1S/C22H25N3O5/c1-13-6-7-14(2)16(10-13)23-19(26)8-9-20-24-22(25-30-20)15-11-17(27-3)21(29-5)18(12-15)28-4/h6-7,10-12H,8-9H2,1-5H3,(H,23,26). The molecule has 0 saturated heterocycles. The molecule has 8 heteroatoms. The van der Waals surface area contributed by atoms with Crippen molar-refractivity contribution >= 4 is 11.6 Å². The summed E-state index contributed by atoms with van der Waals surface area (Å²) in [5.41, 5.74) is 3.56. The average molecular weight is 411 g/mol. The van der Waals surface area contributed by atoms with Crippen molar-refractivity contribution in [2.24, 2.45) is 0 Å². The van der Waals surface area contributed by atoms with Gasteiger partial charge >= 0.3 is 0 Å². The van der Waals surface area contributed by atoms with Gasteiger partial charge in [0.2, 0.25) is 23.4 Å². The molecule has 2 aromatic carbocycles. The molecule has 0 spiro atoms. The Labute approximate surface area is 175 Å². The van der Waals surface area contributed by atoms with Crippen molar-refractivity contribution in [2.75, 3.05) is 26.6 Å². The van der Waals surface area contributed by atoms with Crippen molar-refractivity contribution < 1.29 is 23.5 Å². The maximum Gasteiger partial charge on any atom is 0.227 e. The Morgan fingerprint density at radius 1 is 1.03 bits per heavy atom. The van der Waals surface area contributed by atoms with Crippen LogP contribution >= 0.6 is 0 Å². The van der Waals surface area contributed by atoms with Crippen LogP contribution in [0, 0.1) is 13.8 Å². The molecule has 3 rings (SSSR count). The van der Waals surface area contributed by atoms with Gasteiger partial charge in [-0.25, -0.2) is 0 Å². The topological polar surface area (TPSA) is 95.7 Å². The van der Waals surface area contributed by atoms with Gasteiger partial charge in [0.25, 0.3) is 0 Å². The zero-order chi connectivity index (χ0) is 21.7. The number of anilines is 1. The summed E-state index contributed by atoms with van der Waals surface area (Å²) in [4.78, 5) is 16.7. The van der Waals surface area contributed by atoms with Gasteiger partial charge in [-0.2, -0.15) is 4.98 Å². The molecule has 0 fully saturated rings. The van der Waals surface area contributed by atoms with Gasteiger partial charge in [-0.05, 0) is 43.2 Å². The van der Waals surface area contributed by atoms with Crippen LogP contribution in [-0.2, 0) is 11.2 Å². The summed E-state index contributed by atoms with van der Waals surface area (Å²) >= 11 is 0. The summed E-state index contributed by atoms with van der Waals surface area (Å²) < 4.78 is 21.4. The molecule has 8 nitrogen and oxygen atoms in total. The van der Waals surface area contributed by atoms with Gasteiger partial charge in [0.05, 0.1) is 21.3 Å². The Bertz CT molecular complexity index is 1020. The number of aryl methyl sites for hydroxylation is 3. The number of carbonyl (C=O) groups excluding carboxylic acids is 1. The van der Waals surface area contributed by atoms with Crippen LogP contribution in [-0.4, -0.2) is 37.4 Å². The lowest BCUT2D eigenvalue weighted by Crippen LogP contribution is -2.13. The first-order chi connectivity index (χ1) is 14.4. The van der Waals surface area contributed by atoms with E-state index in [2.05, 4.69) is 15.5 Å². The summed E-state index contributed by atoms with van der Waals surface area (Å²) in [7, 11) is 4.62. The van der Waals surface area contributed by atoms with Crippen molar-refractivity contribution in [3.8, 4) is 28.6 Å². The number of nitrogens with zero attached hydrogens (tertiary/aromatic N) is 2. The number of rotatable bonds is 8. The maximum atomic E-state index is 12.3. The molecule has 0 aliphatic rings. The SMILES string of the molecule is COc1cc(-c2noc(CCC(=O)Nc3cc(C)ccc3C)n2)cc(OC)c1OC. The lowest BCUT2D eigenvalue weighted by Gasteiger charge is -2.12.